The zero-order chi connectivity index (χ0) is 23.7. The molecule has 0 saturated carbocycles. The van der Waals surface area contributed by atoms with E-state index >= 15 is 0 Å². The topological polar surface area (TPSA) is 105 Å². The Morgan fingerprint density at radius 1 is 0.879 bits per heavy atom. The molecule has 2 atom stereocenters. The van der Waals surface area contributed by atoms with Crippen LogP contribution in [0.3, 0.4) is 0 Å². The van der Waals surface area contributed by atoms with Crippen LogP contribution >= 0.6 is 0 Å². The zero-order valence-electron chi connectivity index (χ0n) is 18.5. The van der Waals surface area contributed by atoms with Crippen molar-refractivity contribution in [2.45, 2.75) is 25.9 Å². The van der Waals surface area contributed by atoms with Crippen LogP contribution in [0.25, 0.3) is 11.3 Å². The minimum absolute atomic E-state index is 0.0593. The Kier molecular flexibility index (Phi) is 5.78. The number of rotatable bonds is 6. The standard InChI is InChI=1S/C24H23N5O4/c1-16(18-10-6-4-7-11-18)27-21(20-14-25-26(3)15-20)22(29(32)33)23(30)28(24(27)31)17(2)19-12-8-5-9-13-19/h4-17H,1-3H3. The molecule has 168 valence electrons. The van der Waals surface area contributed by atoms with Gasteiger partial charge in [-0.05, 0) is 25.0 Å². The first kappa shape index (κ1) is 21.9. The van der Waals surface area contributed by atoms with Crippen LogP contribution < -0.4 is 11.2 Å². The fourth-order valence-corrected chi connectivity index (χ4v) is 4.07. The third-order valence-corrected chi connectivity index (χ3v) is 5.80. The van der Waals surface area contributed by atoms with Crippen molar-refractivity contribution in [1.29, 1.82) is 0 Å². The van der Waals surface area contributed by atoms with E-state index in [1.165, 1.54) is 15.4 Å². The summed E-state index contributed by atoms with van der Waals surface area (Å²) in [7, 11) is 1.66. The van der Waals surface area contributed by atoms with Gasteiger partial charge in [-0.25, -0.2) is 9.36 Å². The largest absolute Gasteiger partial charge is 0.358 e. The maximum atomic E-state index is 13.9. The minimum Gasteiger partial charge on any atom is -0.279 e. The van der Waals surface area contributed by atoms with Gasteiger partial charge >= 0.3 is 16.9 Å². The van der Waals surface area contributed by atoms with Gasteiger partial charge in [0.15, 0.2) is 0 Å². The highest BCUT2D eigenvalue weighted by molar-refractivity contribution is 5.68. The Morgan fingerprint density at radius 2 is 1.39 bits per heavy atom. The number of nitrogens with zero attached hydrogens (tertiary/aromatic N) is 5. The van der Waals surface area contributed by atoms with Crippen LogP contribution in [-0.4, -0.2) is 23.8 Å². The predicted octanol–water partition coefficient (Wildman–Crippen LogP) is 3.54. The van der Waals surface area contributed by atoms with E-state index in [4.69, 9.17) is 0 Å². The Morgan fingerprint density at radius 3 is 1.85 bits per heavy atom. The molecule has 2 aromatic carbocycles. The third kappa shape index (κ3) is 3.89. The van der Waals surface area contributed by atoms with Gasteiger partial charge in [-0.15, -0.1) is 0 Å². The number of nitro groups is 1. The Labute approximate surface area is 189 Å². The molecule has 33 heavy (non-hydrogen) atoms. The lowest BCUT2D eigenvalue weighted by atomic mass is 10.1. The highest BCUT2D eigenvalue weighted by Gasteiger charge is 2.33. The van der Waals surface area contributed by atoms with E-state index in [-0.39, 0.29) is 5.69 Å². The molecule has 0 aliphatic carbocycles. The van der Waals surface area contributed by atoms with Crippen molar-refractivity contribution in [2.24, 2.45) is 7.05 Å². The second-order valence-corrected chi connectivity index (χ2v) is 7.86. The van der Waals surface area contributed by atoms with Crippen LogP contribution in [0.5, 0.6) is 0 Å². The summed E-state index contributed by atoms with van der Waals surface area (Å²) in [4.78, 5) is 38.8. The van der Waals surface area contributed by atoms with Crippen molar-refractivity contribution in [3.05, 3.63) is 115 Å². The minimum atomic E-state index is -0.947. The molecule has 4 aromatic rings. The Bertz CT molecular complexity index is 1420. The first-order chi connectivity index (χ1) is 15.8. The van der Waals surface area contributed by atoms with Gasteiger partial charge in [0.05, 0.1) is 23.2 Å². The second kappa shape index (κ2) is 8.70. The summed E-state index contributed by atoms with van der Waals surface area (Å²) in [6, 6.07) is 16.9. The maximum absolute atomic E-state index is 13.9. The molecule has 9 nitrogen and oxygen atoms in total. The average Bonchev–Trinajstić information content (AvgIpc) is 3.25. The van der Waals surface area contributed by atoms with Crippen molar-refractivity contribution in [3.63, 3.8) is 0 Å². The normalized spacial score (nSPS) is 12.9. The molecule has 2 unspecified atom stereocenters. The van der Waals surface area contributed by atoms with Crippen LogP contribution in [0.15, 0.2) is 82.6 Å². The quantitative estimate of drug-likeness (QED) is 0.333. The molecule has 0 bridgehead atoms. The lowest BCUT2D eigenvalue weighted by Gasteiger charge is -2.23. The van der Waals surface area contributed by atoms with Gasteiger partial charge in [0.25, 0.3) is 0 Å². The smallest absolute Gasteiger partial charge is 0.279 e. The second-order valence-electron chi connectivity index (χ2n) is 7.86. The summed E-state index contributed by atoms with van der Waals surface area (Å²) in [5.74, 6) is 0. The average molecular weight is 445 g/mol. The number of hydrogen-bond acceptors (Lipinski definition) is 5. The Hall–Kier alpha value is -4.27. The maximum Gasteiger partial charge on any atom is 0.358 e. The van der Waals surface area contributed by atoms with Crippen molar-refractivity contribution < 1.29 is 4.92 Å². The predicted molar refractivity (Wildman–Crippen MR) is 124 cm³/mol. The lowest BCUT2D eigenvalue weighted by molar-refractivity contribution is -0.386. The van der Waals surface area contributed by atoms with Gasteiger partial charge in [0.2, 0.25) is 0 Å². The van der Waals surface area contributed by atoms with E-state index in [0.29, 0.717) is 11.1 Å². The monoisotopic (exact) mass is 445 g/mol. The fraction of sp³-hybridized carbons (Fsp3) is 0.208. The Balaban J connectivity index is 2.12. The summed E-state index contributed by atoms with van der Waals surface area (Å²) in [6.07, 6.45) is 2.97. The number of benzene rings is 2. The fourth-order valence-electron chi connectivity index (χ4n) is 4.07. The van der Waals surface area contributed by atoms with Crippen molar-refractivity contribution in [2.75, 3.05) is 0 Å². The van der Waals surface area contributed by atoms with Crippen LogP contribution in [0, 0.1) is 10.1 Å². The molecule has 0 fully saturated rings. The number of hydrogen-bond donors (Lipinski definition) is 0. The molecular formula is C24H23N5O4. The molecular weight excluding hydrogens is 422 g/mol. The zero-order valence-corrected chi connectivity index (χ0v) is 18.5. The third-order valence-electron chi connectivity index (χ3n) is 5.80. The molecule has 2 aromatic heterocycles. The highest BCUT2D eigenvalue weighted by atomic mass is 16.6. The summed E-state index contributed by atoms with van der Waals surface area (Å²) in [6.45, 7) is 3.46. The molecule has 0 aliphatic heterocycles. The van der Waals surface area contributed by atoms with E-state index < -0.39 is 33.9 Å². The van der Waals surface area contributed by atoms with E-state index in [1.54, 1.807) is 51.4 Å². The molecule has 0 saturated heterocycles. The van der Waals surface area contributed by atoms with Gasteiger partial charge < -0.3 is 0 Å². The molecule has 2 heterocycles. The van der Waals surface area contributed by atoms with Crippen molar-refractivity contribution >= 4 is 5.69 Å². The summed E-state index contributed by atoms with van der Waals surface area (Å²) < 4.78 is 3.76. The molecule has 0 radical (unpaired) electrons. The van der Waals surface area contributed by atoms with E-state index in [2.05, 4.69) is 5.10 Å². The van der Waals surface area contributed by atoms with E-state index in [9.17, 15) is 19.7 Å². The van der Waals surface area contributed by atoms with Gasteiger partial charge in [-0.2, -0.15) is 5.10 Å². The van der Waals surface area contributed by atoms with Gasteiger partial charge in [-0.3, -0.25) is 24.2 Å². The first-order valence-electron chi connectivity index (χ1n) is 10.5. The lowest BCUT2D eigenvalue weighted by Crippen LogP contribution is -2.44. The number of aromatic nitrogens is 4. The van der Waals surface area contributed by atoms with Gasteiger partial charge in [0.1, 0.15) is 5.69 Å². The molecule has 4 rings (SSSR count). The van der Waals surface area contributed by atoms with E-state index in [1.807, 2.05) is 36.4 Å². The molecule has 9 heteroatoms. The molecule has 0 aliphatic rings. The first-order valence-corrected chi connectivity index (χ1v) is 10.5. The summed E-state index contributed by atoms with van der Waals surface area (Å²) in [5.41, 5.74) is -0.505. The SMILES string of the molecule is CC(c1ccccc1)n1c(-c2cnn(C)c2)c([N+](=O)[O-])c(=O)n(C(C)c2ccccc2)c1=O. The van der Waals surface area contributed by atoms with Gasteiger partial charge in [-0.1, -0.05) is 60.7 Å². The summed E-state index contributed by atoms with van der Waals surface area (Å²) in [5, 5.41) is 16.3. The van der Waals surface area contributed by atoms with Crippen molar-refractivity contribution in [3.8, 4) is 11.3 Å². The van der Waals surface area contributed by atoms with Crippen molar-refractivity contribution in [1.82, 2.24) is 18.9 Å². The van der Waals surface area contributed by atoms with Crippen LogP contribution in [-0.2, 0) is 7.05 Å². The molecule has 0 amide bonds. The van der Waals surface area contributed by atoms with Crippen LogP contribution in [0.4, 0.5) is 5.69 Å². The molecule has 0 N–H and O–H groups in total. The van der Waals surface area contributed by atoms with Gasteiger partial charge in [0, 0.05) is 18.8 Å². The van der Waals surface area contributed by atoms with Crippen LogP contribution in [0.1, 0.15) is 37.1 Å². The van der Waals surface area contributed by atoms with E-state index in [0.717, 1.165) is 10.1 Å². The highest BCUT2D eigenvalue weighted by Crippen LogP contribution is 2.31. The molecule has 0 spiro atoms. The summed E-state index contributed by atoms with van der Waals surface area (Å²) >= 11 is 0. The van der Waals surface area contributed by atoms with Crippen LogP contribution in [0.2, 0.25) is 0 Å². The number of aryl methyl sites for hydroxylation is 1.